The summed E-state index contributed by atoms with van der Waals surface area (Å²) in [6.07, 6.45) is 4.43. The summed E-state index contributed by atoms with van der Waals surface area (Å²) in [5, 5.41) is 41.9. The molecule has 0 saturated carbocycles. The molecule has 9 unspecified atom stereocenters. The van der Waals surface area contributed by atoms with Gasteiger partial charge in [-0.1, -0.05) is 59.8 Å². The minimum atomic E-state index is -2.03. The second kappa shape index (κ2) is 22.8. The van der Waals surface area contributed by atoms with E-state index in [1.165, 1.54) is 66.3 Å². The lowest BCUT2D eigenvalue weighted by molar-refractivity contribution is -0.165. The van der Waals surface area contributed by atoms with Crippen LogP contribution in [0.3, 0.4) is 0 Å². The van der Waals surface area contributed by atoms with Crippen LogP contribution in [-0.2, 0) is 42.9 Å². The molecule has 2 aromatic carbocycles. The first-order chi connectivity index (χ1) is 34.8. The molecule has 9 atom stereocenters. The Bertz CT molecular complexity index is 2780. The highest BCUT2D eigenvalue weighted by Gasteiger charge is 2.51. The van der Waals surface area contributed by atoms with Gasteiger partial charge in [-0.2, -0.15) is 0 Å². The van der Waals surface area contributed by atoms with Gasteiger partial charge >= 0.3 is 23.8 Å². The maximum atomic E-state index is 14.9. The molecule has 402 valence electrons. The van der Waals surface area contributed by atoms with E-state index in [2.05, 4.69) is 34.4 Å². The molecule has 1 fully saturated rings. The van der Waals surface area contributed by atoms with E-state index in [1.807, 2.05) is 0 Å². The normalized spacial score (nSPS) is 27.9. The van der Waals surface area contributed by atoms with Gasteiger partial charge in [-0.05, 0) is 25.8 Å². The number of likely N-dealkylation sites (tertiary alicyclic amines) is 1. The van der Waals surface area contributed by atoms with E-state index >= 15 is 0 Å². The fourth-order valence-corrected chi connectivity index (χ4v) is 10.2. The number of benzene rings is 2. The van der Waals surface area contributed by atoms with Crippen molar-refractivity contribution in [1.29, 1.82) is 0 Å². The van der Waals surface area contributed by atoms with Gasteiger partial charge in [0.2, 0.25) is 0 Å². The van der Waals surface area contributed by atoms with Crippen molar-refractivity contribution < 1.29 is 72.6 Å². The van der Waals surface area contributed by atoms with Crippen molar-refractivity contribution in [2.75, 3.05) is 45.7 Å². The largest absolute Gasteiger partial charge is 0.507 e. The number of piperidine rings is 1. The van der Waals surface area contributed by atoms with Crippen molar-refractivity contribution >= 4 is 58.7 Å². The third-order valence-electron chi connectivity index (χ3n) is 14.4. The Morgan fingerprint density at radius 2 is 1.62 bits per heavy atom. The van der Waals surface area contributed by atoms with Gasteiger partial charge in [0.05, 0.1) is 35.1 Å². The van der Waals surface area contributed by atoms with E-state index in [9.17, 15) is 48.9 Å². The Morgan fingerprint density at radius 3 is 2.23 bits per heavy atom. The summed E-state index contributed by atoms with van der Waals surface area (Å²) in [5.41, 5.74) is -0.454. The number of aliphatic hydroxyl groups is 1. The van der Waals surface area contributed by atoms with Crippen molar-refractivity contribution in [3.63, 3.8) is 0 Å². The SMILES string of the molecule is COC1C=COC2(C)Oc3c(C)c(O)c4c(O)c(c5c(c4c3C2=O)NC2(CCN(CC(C)C)CC2)N=5)=NC(=O)/C(C)=C\C=CC(C)C(OC(=O)CN(C)C(=O)NC(C=O)C=O)C(C)C(O)C(C)C(OC(C)=O)C1C. The highest BCUT2D eigenvalue weighted by Crippen LogP contribution is 2.51. The van der Waals surface area contributed by atoms with Crippen molar-refractivity contribution in [1.82, 2.24) is 15.1 Å². The van der Waals surface area contributed by atoms with E-state index in [4.69, 9.17) is 28.7 Å². The van der Waals surface area contributed by atoms with Gasteiger partial charge in [0.1, 0.15) is 65.2 Å². The number of Topliss-reactive ketones (excluding diaryl/α,β-unsaturated/α-hetero) is 1. The molecule has 6 rings (SSSR count). The van der Waals surface area contributed by atoms with Crippen LogP contribution >= 0.6 is 0 Å². The number of rotatable bonds is 10. The third-order valence-corrected chi connectivity index (χ3v) is 14.4. The second-order valence-electron chi connectivity index (χ2n) is 20.5. The van der Waals surface area contributed by atoms with Gasteiger partial charge in [-0.25, -0.2) is 9.79 Å². The molecule has 4 aliphatic heterocycles. The smallest absolute Gasteiger partial charge is 0.326 e. The summed E-state index contributed by atoms with van der Waals surface area (Å²) >= 11 is 0. The predicted octanol–water partition coefficient (Wildman–Crippen LogP) is 3.71. The molecular weight excluding hydrogens is 961 g/mol. The number of methoxy groups -OCH3 is 1. The molecule has 2 aromatic rings. The molecule has 4 heterocycles. The lowest BCUT2D eigenvalue weighted by Gasteiger charge is -2.39. The number of hydrogen-bond acceptors (Lipinski definition) is 18. The van der Waals surface area contributed by atoms with Gasteiger partial charge in [0, 0.05) is 101 Å². The summed E-state index contributed by atoms with van der Waals surface area (Å²) in [5.74, 6) is -8.82. The number of aldehydes is 2. The molecule has 1 spiro atoms. The van der Waals surface area contributed by atoms with E-state index in [-0.39, 0.29) is 62.2 Å². The Labute approximate surface area is 429 Å². The molecule has 21 heteroatoms. The van der Waals surface area contributed by atoms with Crippen LogP contribution in [0, 0.1) is 36.5 Å². The van der Waals surface area contributed by atoms with Crippen molar-refractivity contribution in [2.45, 2.75) is 124 Å². The number of aromatic hydroxyl groups is 2. The number of hydrogen-bond donors (Lipinski definition) is 5. The average molecular weight is 1030 g/mol. The van der Waals surface area contributed by atoms with Crippen LogP contribution < -0.4 is 26.1 Å². The molecular formula is C53H70N6O15. The zero-order chi connectivity index (χ0) is 54.7. The number of ketones is 1. The monoisotopic (exact) mass is 1030 g/mol. The van der Waals surface area contributed by atoms with Crippen LogP contribution in [0.2, 0.25) is 0 Å². The standard InChI is InChI=1S/C53H70N6O15/c1-26(2)22-59-19-17-53(18-20-59)56-40-37-38-44(65)32(8)48-39(37)49(67)52(10,74-48)71-21-16-35(70-12)29(5)47(72-33(9)62)31(7)43(64)30(6)46(73-36(63)23-58(11)51(69)54-34(24-60)25-61)27(3)14-13-15-28(4)50(68)55-42(45(38)66)41(40)57-53/h13-16,21,24-27,29-31,34-35,43,46-47,56,64-66H,17-20,22-23H2,1-12H3,(H,54,69)/b14-13?,21-16?,28-15-,55-42?. The maximum Gasteiger partial charge on any atom is 0.326 e. The summed E-state index contributed by atoms with van der Waals surface area (Å²) in [6.45, 7) is 18.2. The minimum absolute atomic E-state index is 0.00440. The zero-order valence-corrected chi connectivity index (χ0v) is 44.1. The van der Waals surface area contributed by atoms with E-state index < -0.39 is 113 Å². The van der Waals surface area contributed by atoms with Crippen LogP contribution in [0.4, 0.5) is 10.5 Å². The Kier molecular flexibility index (Phi) is 17.4. The second-order valence-corrected chi connectivity index (χ2v) is 20.5. The topological polar surface area (TPSA) is 282 Å². The number of esters is 2. The molecule has 5 N–H and O–H groups in total. The zero-order valence-electron chi connectivity index (χ0n) is 44.1. The highest BCUT2D eigenvalue weighted by molar-refractivity contribution is 6.21. The molecule has 21 nitrogen and oxygen atoms in total. The van der Waals surface area contributed by atoms with Crippen LogP contribution in [0.1, 0.15) is 91.1 Å². The number of fused-ring (bicyclic) bond motifs is 1. The van der Waals surface area contributed by atoms with Crippen molar-refractivity contribution in [3.8, 4) is 17.2 Å². The molecule has 0 aromatic heterocycles. The summed E-state index contributed by atoms with van der Waals surface area (Å²) in [6, 6.07) is -2.35. The Balaban J connectivity index is 1.51. The molecule has 4 bridgehead atoms. The lowest BCUT2D eigenvalue weighted by atomic mass is 9.78. The minimum Gasteiger partial charge on any atom is -0.507 e. The molecule has 0 radical (unpaired) electrons. The number of anilines is 1. The molecule has 4 aliphatic rings. The van der Waals surface area contributed by atoms with Gasteiger partial charge in [-0.3, -0.25) is 24.2 Å². The number of amides is 3. The van der Waals surface area contributed by atoms with Crippen LogP contribution in [-0.4, -0.2) is 150 Å². The van der Waals surface area contributed by atoms with E-state index in [0.29, 0.717) is 31.8 Å². The van der Waals surface area contributed by atoms with Crippen LogP contribution in [0.15, 0.2) is 46.1 Å². The molecule has 1 saturated heterocycles. The van der Waals surface area contributed by atoms with E-state index in [0.717, 1.165) is 11.4 Å². The Morgan fingerprint density at radius 1 is 0.973 bits per heavy atom. The maximum absolute atomic E-state index is 14.9. The average Bonchev–Trinajstić information content (AvgIpc) is 3.85. The molecule has 3 amide bonds. The summed E-state index contributed by atoms with van der Waals surface area (Å²) in [4.78, 5) is 103. The highest BCUT2D eigenvalue weighted by atomic mass is 16.7. The summed E-state index contributed by atoms with van der Waals surface area (Å²) in [7, 11) is 2.67. The fraction of sp³-hybridized carbons (Fsp3) is 0.566. The third kappa shape index (κ3) is 11.5. The summed E-state index contributed by atoms with van der Waals surface area (Å²) < 4.78 is 30.2. The Hall–Kier alpha value is -6.71. The van der Waals surface area contributed by atoms with Gasteiger partial charge < -0.3 is 69.0 Å². The lowest BCUT2D eigenvalue weighted by Crippen LogP contribution is -2.49. The van der Waals surface area contributed by atoms with Crippen molar-refractivity contribution in [2.24, 2.45) is 39.6 Å². The van der Waals surface area contributed by atoms with Gasteiger partial charge in [0.25, 0.3) is 11.7 Å². The number of allylic oxidation sites excluding steroid dienone is 2. The quantitative estimate of drug-likeness (QED) is 0.0982. The number of carbonyl (C=O) groups excluding carboxylic acids is 7. The number of phenolic OH excluding ortho intramolecular Hbond substituents is 2. The van der Waals surface area contributed by atoms with Crippen LogP contribution in [0.5, 0.6) is 17.2 Å². The first-order valence-corrected chi connectivity index (χ1v) is 24.8. The molecule has 0 aliphatic carbocycles. The van der Waals surface area contributed by atoms with Gasteiger partial charge in [0.15, 0.2) is 5.75 Å². The van der Waals surface area contributed by atoms with Gasteiger partial charge in [-0.15, -0.1) is 0 Å². The van der Waals surface area contributed by atoms with Crippen LogP contribution in [0.25, 0.3) is 10.8 Å². The number of nitrogens with zero attached hydrogens (tertiary/aromatic N) is 4. The number of ether oxygens (including phenoxy) is 5. The number of likely N-dealkylation sites (N-methyl/N-ethyl adjacent to an activating group) is 1. The number of aliphatic hydroxyl groups excluding tert-OH is 1. The van der Waals surface area contributed by atoms with Crippen molar-refractivity contribution in [3.05, 3.63) is 58.0 Å². The number of phenols is 2. The number of nitrogens with one attached hydrogen (secondary N) is 2. The first-order valence-electron chi connectivity index (χ1n) is 24.8. The first kappa shape index (κ1) is 56.6. The number of carbonyl (C=O) groups is 7. The fourth-order valence-electron chi connectivity index (χ4n) is 10.2. The van der Waals surface area contributed by atoms with E-state index in [1.54, 1.807) is 33.8 Å². The molecule has 74 heavy (non-hydrogen) atoms. The predicted molar refractivity (Wildman–Crippen MR) is 269 cm³/mol. The number of urea groups is 1.